The zero-order valence-corrected chi connectivity index (χ0v) is 15.8. The summed E-state index contributed by atoms with van der Waals surface area (Å²) >= 11 is 1.42. The molecule has 1 fully saturated rings. The van der Waals surface area contributed by atoms with Gasteiger partial charge in [-0.25, -0.2) is 4.98 Å². The van der Waals surface area contributed by atoms with Crippen LogP contribution in [0, 0.1) is 6.92 Å². The lowest BCUT2D eigenvalue weighted by atomic mass is 9.98. The largest absolute Gasteiger partial charge is 0.349 e. The second-order valence-electron chi connectivity index (χ2n) is 7.47. The molecule has 0 radical (unpaired) electrons. The number of thiazole rings is 1. The van der Waals surface area contributed by atoms with Crippen molar-refractivity contribution in [2.24, 2.45) is 0 Å². The number of hydrogen-bond acceptors (Lipinski definition) is 4. The van der Waals surface area contributed by atoms with E-state index < -0.39 is 0 Å². The van der Waals surface area contributed by atoms with E-state index in [2.05, 4.69) is 36.4 Å². The maximum Gasteiger partial charge on any atom is 0.267 e. The molecule has 1 heterocycles. The number of carbonyl (C=O) groups is 2. The molecule has 0 bridgehead atoms. The Labute approximate surface area is 151 Å². The van der Waals surface area contributed by atoms with Crippen molar-refractivity contribution in [1.82, 2.24) is 10.3 Å². The Bertz CT molecular complexity index is 816. The number of hydrogen-bond donors (Lipinski definition) is 2. The molecule has 0 unspecified atom stereocenters. The van der Waals surface area contributed by atoms with Crippen molar-refractivity contribution >= 4 is 28.8 Å². The molecule has 2 aromatic rings. The van der Waals surface area contributed by atoms with Crippen molar-refractivity contribution in [2.45, 2.75) is 52.0 Å². The number of nitrogens with one attached hydrogen (secondary N) is 2. The molecule has 1 aliphatic rings. The highest BCUT2D eigenvalue weighted by Gasteiger charge is 2.25. The average Bonchev–Trinajstić information content (AvgIpc) is 3.25. The van der Waals surface area contributed by atoms with Crippen LogP contribution in [0.15, 0.2) is 24.3 Å². The maximum atomic E-state index is 12.6. The van der Waals surface area contributed by atoms with Gasteiger partial charge in [-0.2, -0.15) is 0 Å². The second kappa shape index (κ2) is 6.59. The molecule has 5 nitrogen and oxygen atoms in total. The molecule has 25 heavy (non-hydrogen) atoms. The van der Waals surface area contributed by atoms with Gasteiger partial charge in [-0.3, -0.25) is 9.59 Å². The number of nitrogens with zero attached hydrogens (tertiary/aromatic N) is 1. The monoisotopic (exact) mass is 357 g/mol. The van der Waals surface area contributed by atoms with Gasteiger partial charge in [0.05, 0.1) is 10.7 Å². The Kier molecular flexibility index (Phi) is 4.64. The van der Waals surface area contributed by atoms with Crippen LogP contribution in [-0.4, -0.2) is 22.8 Å². The molecule has 1 aliphatic carbocycles. The van der Waals surface area contributed by atoms with E-state index in [1.807, 2.05) is 6.92 Å². The van der Waals surface area contributed by atoms with Crippen molar-refractivity contribution in [1.29, 1.82) is 0 Å². The summed E-state index contributed by atoms with van der Waals surface area (Å²) in [6.07, 6.45) is 2.09. The molecule has 3 rings (SSSR count). The lowest BCUT2D eigenvalue weighted by Crippen LogP contribution is -2.25. The molecule has 1 saturated carbocycles. The van der Waals surface area contributed by atoms with E-state index in [1.54, 1.807) is 24.3 Å². The van der Waals surface area contributed by atoms with E-state index in [-0.39, 0.29) is 17.2 Å². The van der Waals surface area contributed by atoms with Gasteiger partial charge in [-0.1, -0.05) is 26.8 Å². The van der Waals surface area contributed by atoms with Crippen molar-refractivity contribution in [2.75, 3.05) is 5.32 Å². The molecule has 0 spiro atoms. The molecule has 0 atom stereocenters. The van der Waals surface area contributed by atoms with E-state index in [0.717, 1.165) is 23.5 Å². The molecule has 132 valence electrons. The van der Waals surface area contributed by atoms with Crippen LogP contribution >= 0.6 is 11.3 Å². The van der Waals surface area contributed by atoms with Crippen LogP contribution in [0.4, 0.5) is 5.69 Å². The summed E-state index contributed by atoms with van der Waals surface area (Å²) < 4.78 is 0. The fourth-order valence-electron chi connectivity index (χ4n) is 2.35. The molecule has 2 amide bonds. The summed E-state index contributed by atoms with van der Waals surface area (Å²) in [5.41, 5.74) is 1.81. The third kappa shape index (κ3) is 4.25. The third-order valence-corrected chi connectivity index (χ3v) is 5.52. The minimum Gasteiger partial charge on any atom is -0.349 e. The van der Waals surface area contributed by atoms with Crippen LogP contribution in [0.25, 0.3) is 0 Å². The Balaban J connectivity index is 1.74. The number of anilines is 1. The summed E-state index contributed by atoms with van der Waals surface area (Å²) in [7, 11) is 0. The summed E-state index contributed by atoms with van der Waals surface area (Å²) in [5.74, 6) is -0.284. The highest BCUT2D eigenvalue weighted by atomic mass is 32.1. The lowest BCUT2D eigenvalue weighted by molar-refractivity contribution is 0.0949. The fourth-order valence-corrected chi connectivity index (χ4v) is 3.37. The quantitative estimate of drug-likeness (QED) is 0.872. The van der Waals surface area contributed by atoms with Gasteiger partial charge in [0.2, 0.25) is 0 Å². The molecule has 2 N–H and O–H groups in total. The van der Waals surface area contributed by atoms with Gasteiger partial charge in [0.1, 0.15) is 4.88 Å². The Morgan fingerprint density at radius 1 is 1.20 bits per heavy atom. The fraction of sp³-hybridized carbons (Fsp3) is 0.421. The SMILES string of the molecule is Cc1nc(C(C)(C)C)sc1C(=O)Nc1cccc(C(=O)NC2CC2)c1. The van der Waals surface area contributed by atoms with Crippen LogP contribution in [0.1, 0.15) is 64.3 Å². The van der Waals surface area contributed by atoms with E-state index in [1.165, 1.54) is 11.3 Å². The van der Waals surface area contributed by atoms with Crippen molar-refractivity contribution in [3.05, 3.63) is 45.4 Å². The average molecular weight is 357 g/mol. The van der Waals surface area contributed by atoms with E-state index >= 15 is 0 Å². The van der Waals surface area contributed by atoms with Gasteiger partial charge in [0.25, 0.3) is 11.8 Å². The van der Waals surface area contributed by atoms with E-state index in [9.17, 15) is 9.59 Å². The standard InChI is InChI=1S/C19H23N3O2S/c1-11-15(25-18(20-11)19(2,3)4)17(24)22-14-7-5-6-12(10-14)16(23)21-13-8-9-13/h5-7,10,13H,8-9H2,1-4H3,(H,21,23)(H,22,24). The first-order valence-corrected chi connectivity index (χ1v) is 9.26. The molecule has 1 aromatic carbocycles. The number of amides is 2. The molecule has 1 aromatic heterocycles. The van der Waals surface area contributed by atoms with Gasteiger partial charge in [0, 0.05) is 22.7 Å². The van der Waals surface area contributed by atoms with Gasteiger partial charge in [-0.15, -0.1) is 11.3 Å². The van der Waals surface area contributed by atoms with Crippen molar-refractivity contribution in [3.8, 4) is 0 Å². The predicted molar refractivity (Wildman–Crippen MR) is 100 cm³/mol. The minimum atomic E-state index is -0.190. The van der Waals surface area contributed by atoms with Gasteiger partial charge >= 0.3 is 0 Å². The van der Waals surface area contributed by atoms with Crippen LogP contribution in [0.5, 0.6) is 0 Å². The van der Waals surface area contributed by atoms with Crippen LogP contribution in [-0.2, 0) is 5.41 Å². The molecule has 0 saturated heterocycles. The summed E-state index contributed by atoms with van der Waals surface area (Å²) in [5, 5.41) is 6.77. The van der Waals surface area contributed by atoms with E-state index in [0.29, 0.717) is 22.2 Å². The number of aryl methyl sites for hydroxylation is 1. The second-order valence-corrected chi connectivity index (χ2v) is 8.47. The molecule has 0 aliphatic heterocycles. The summed E-state index contributed by atoms with van der Waals surface area (Å²) in [6, 6.07) is 7.32. The molecule has 6 heteroatoms. The van der Waals surface area contributed by atoms with Crippen LogP contribution in [0.2, 0.25) is 0 Å². The first-order valence-electron chi connectivity index (χ1n) is 8.44. The zero-order chi connectivity index (χ0) is 18.2. The smallest absolute Gasteiger partial charge is 0.267 e. The summed E-state index contributed by atoms with van der Waals surface area (Å²) in [6.45, 7) is 8.08. The first kappa shape index (κ1) is 17.6. The topological polar surface area (TPSA) is 71.1 Å². The minimum absolute atomic E-state index is 0.0885. The van der Waals surface area contributed by atoms with E-state index in [4.69, 9.17) is 0 Å². The Hall–Kier alpha value is -2.21. The Morgan fingerprint density at radius 2 is 1.92 bits per heavy atom. The van der Waals surface area contributed by atoms with Gasteiger partial charge in [-0.05, 0) is 38.0 Å². The highest BCUT2D eigenvalue weighted by molar-refractivity contribution is 7.14. The summed E-state index contributed by atoms with van der Waals surface area (Å²) in [4.78, 5) is 29.9. The number of carbonyl (C=O) groups excluding carboxylic acids is 2. The predicted octanol–water partition coefficient (Wildman–Crippen LogP) is 3.89. The highest BCUT2D eigenvalue weighted by Crippen LogP contribution is 2.29. The Morgan fingerprint density at radius 3 is 2.52 bits per heavy atom. The van der Waals surface area contributed by atoms with Gasteiger partial charge < -0.3 is 10.6 Å². The normalized spacial score (nSPS) is 14.2. The molecular formula is C19H23N3O2S. The lowest BCUT2D eigenvalue weighted by Gasteiger charge is -2.13. The van der Waals surface area contributed by atoms with Crippen molar-refractivity contribution < 1.29 is 9.59 Å². The molecular weight excluding hydrogens is 334 g/mol. The number of aromatic nitrogens is 1. The number of rotatable bonds is 4. The zero-order valence-electron chi connectivity index (χ0n) is 15.0. The van der Waals surface area contributed by atoms with Crippen molar-refractivity contribution in [3.63, 3.8) is 0 Å². The number of benzene rings is 1. The van der Waals surface area contributed by atoms with Crippen LogP contribution < -0.4 is 10.6 Å². The maximum absolute atomic E-state index is 12.6. The third-order valence-electron chi connectivity index (χ3n) is 3.94. The first-order chi connectivity index (χ1) is 11.7. The van der Waals surface area contributed by atoms with Gasteiger partial charge in [0.15, 0.2) is 0 Å². The van der Waals surface area contributed by atoms with Crippen LogP contribution in [0.3, 0.4) is 0 Å².